The molecule has 2 aromatic carbocycles. The van der Waals surface area contributed by atoms with E-state index in [0.717, 1.165) is 0 Å². The van der Waals surface area contributed by atoms with Gasteiger partial charge in [-0.1, -0.05) is 30.7 Å². The molecule has 0 fully saturated rings. The van der Waals surface area contributed by atoms with Crippen molar-refractivity contribution in [2.45, 2.75) is 31.3 Å². The molecule has 0 aromatic heterocycles. The van der Waals surface area contributed by atoms with Crippen LogP contribution in [0, 0.1) is 5.92 Å². The number of nitrogens with one attached hydrogen (secondary N) is 1. The molecule has 0 radical (unpaired) electrons. The highest BCUT2D eigenvalue weighted by molar-refractivity contribution is 6.36. The van der Waals surface area contributed by atoms with Gasteiger partial charge in [0.2, 0.25) is 23.1 Å². The number of amides is 2. The second kappa shape index (κ2) is 9.36. The number of nitrogens with two attached hydrogens (primary N) is 1. The lowest BCUT2D eigenvalue weighted by Crippen LogP contribution is -2.59. The third-order valence-electron chi connectivity index (χ3n) is 7.20. The van der Waals surface area contributed by atoms with Crippen molar-refractivity contribution in [3.63, 3.8) is 0 Å². The van der Waals surface area contributed by atoms with E-state index in [0.29, 0.717) is 17.0 Å². The van der Waals surface area contributed by atoms with Crippen molar-refractivity contribution in [2.75, 3.05) is 20.8 Å². The molecule has 2 amide bonds. The van der Waals surface area contributed by atoms with Gasteiger partial charge in [-0.25, -0.2) is 0 Å². The van der Waals surface area contributed by atoms with Crippen LogP contribution in [-0.2, 0) is 14.4 Å². The van der Waals surface area contributed by atoms with Crippen molar-refractivity contribution in [1.29, 1.82) is 0 Å². The van der Waals surface area contributed by atoms with Crippen LogP contribution in [-0.4, -0.2) is 49.8 Å². The molecule has 11 heteroatoms. The normalized spacial score (nSPS) is 23.9. The first-order chi connectivity index (χ1) is 18.1. The van der Waals surface area contributed by atoms with Crippen LogP contribution in [0.1, 0.15) is 41.6 Å². The zero-order valence-electron chi connectivity index (χ0n) is 20.9. The second-order valence-electron chi connectivity index (χ2n) is 9.42. The van der Waals surface area contributed by atoms with Gasteiger partial charge in [0.15, 0.2) is 12.4 Å². The van der Waals surface area contributed by atoms with E-state index in [-0.39, 0.29) is 58.8 Å². The largest absolute Gasteiger partial charge is 0.496 e. The molecule has 1 unspecified atom stereocenters. The molecular weight excluding hydrogens is 516 g/mol. The van der Waals surface area contributed by atoms with Crippen LogP contribution in [0.5, 0.6) is 23.0 Å². The van der Waals surface area contributed by atoms with Gasteiger partial charge in [-0.15, -0.1) is 0 Å². The Balaban J connectivity index is 1.61. The van der Waals surface area contributed by atoms with E-state index in [9.17, 15) is 19.2 Å². The molecule has 1 spiro atoms. The van der Waals surface area contributed by atoms with E-state index in [1.807, 2.05) is 0 Å². The summed E-state index contributed by atoms with van der Waals surface area (Å²) in [4.78, 5) is 52.2. The SMILES string of the molecule is COc1cc(OC)c2c(c1Cl)O[C@@]1(C(=O)C3=C(C[C@H]1C)NC(=O)CC3c1cccc(OCC(N)=O)c1)C2=O. The number of carbonyl (C=O) groups excluding carboxylic acids is 4. The molecular formula is C27H25ClN2O8. The highest BCUT2D eigenvalue weighted by atomic mass is 35.5. The van der Waals surface area contributed by atoms with Crippen LogP contribution in [0.25, 0.3) is 0 Å². The molecule has 5 rings (SSSR count). The Bertz CT molecular complexity index is 1430. The summed E-state index contributed by atoms with van der Waals surface area (Å²) in [5.74, 6) is -2.55. The van der Waals surface area contributed by atoms with Gasteiger partial charge in [0, 0.05) is 35.6 Å². The minimum Gasteiger partial charge on any atom is -0.496 e. The maximum absolute atomic E-state index is 14.4. The summed E-state index contributed by atoms with van der Waals surface area (Å²) in [7, 11) is 2.82. The van der Waals surface area contributed by atoms with E-state index in [1.54, 1.807) is 31.2 Å². The quantitative estimate of drug-likeness (QED) is 0.532. The molecule has 3 N–H and O–H groups in total. The van der Waals surface area contributed by atoms with E-state index >= 15 is 0 Å². The van der Waals surface area contributed by atoms with Gasteiger partial charge in [-0.05, 0) is 24.1 Å². The molecule has 0 saturated carbocycles. The standard InChI is InChI=1S/C27H25ClN2O8/c1-12-7-16-21(15(9-20(32)30-16)13-5-4-6-14(8-13)37-11-19(29)31)25(33)27(12)26(34)22-17(35-2)10-18(36-3)23(28)24(22)38-27/h4-6,8,10,12,15H,7,9,11H2,1-3H3,(H2,29,31)(H,30,32)/t12-,15?,27+/m1/s1. The van der Waals surface area contributed by atoms with Crippen LogP contribution in [0.3, 0.4) is 0 Å². The third kappa shape index (κ3) is 3.78. The van der Waals surface area contributed by atoms with Crippen LogP contribution in [0.4, 0.5) is 0 Å². The number of fused-ring (bicyclic) bond motifs is 1. The van der Waals surface area contributed by atoms with Crippen LogP contribution < -0.4 is 30.0 Å². The molecule has 2 heterocycles. The van der Waals surface area contributed by atoms with Crippen LogP contribution >= 0.6 is 11.6 Å². The molecule has 10 nitrogen and oxygen atoms in total. The van der Waals surface area contributed by atoms with Crippen molar-refractivity contribution in [1.82, 2.24) is 5.32 Å². The number of allylic oxidation sites excluding steroid dienone is 1. The minimum absolute atomic E-state index is 0.0235. The summed E-state index contributed by atoms with van der Waals surface area (Å²) in [6.07, 6.45) is 0.172. The molecule has 38 heavy (non-hydrogen) atoms. The number of hydrogen-bond donors (Lipinski definition) is 2. The summed E-state index contributed by atoms with van der Waals surface area (Å²) in [6, 6.07) is 8.20. The van der Waals surface area contributed by atoms with Crippen molar-refractivity contribution < 1.29 is 38.1 Å². The number of carbonyl (C=O) groups is 4. The van der Waals surface area contributed by atoms with E-state index < -0.39 is 34.9 Å². The average molecular weight is 541 g/mol. The number of halogens is 1. The summed E-state index contributed by atoms with van der Waals surface area (Å²) < 4.78 is 22.4. The number of ketones is 2. The average Bonchev–Trinajstić information content (AvgIpc) is 3.21. The number of rotatable bonds is 6. The topological polar surface area (TPSA) is 143 Å². The number of Topliss-reactive ketones (excluding diaryl/α,β-unsaturated/α-hetero) is 2. The molecule has 1 aliphatic carbocycles. The molecule has 0 bridgehead atoms. The summed E-state index contributed by atoms with van der Waals surface area (Å²) in [5, 5.41) is 2.87. The number of benzene rings is 2. The fourth-order valence-corrected chi connectivity index (χ4v) is 5.71. The number of methoxy groups -OCH3 is 2. The van der Waals surface area contributed by atoms with Gasteiger partial charge >= 0.3 is 0 Å². The number of hydrogen-bond acceptors (Lipinski definition) is 8. The van der Waals surface area contributed by atoms with Crippen LogP contribution in [0.2, 0.25) is 5.02 Å². The fraction of sp³-hybridized carbons (Fsp3) is 0.333. The Morgan fingerprint density at radius 2 is 1.87 bits per heavy atom. The first-order valence-electron chi connectivity index (χ1n) is 11.9. The Hall–Kier alpha value is -4.05. The fourth-order valence-electron chi connectivity index (χ4n) is 5.45. The zero-order valence-corrected chi connectivity index (χ0v) is 21.6. The number of ether oxygens (including phenoxy) is 4. The van der Waals surface area contributed by atoms with Crippen molar-refractivity contribution in [3.05, 3.63) is 57.8 Å². The second-order valence-corrected chi connectivity index (χ2v) is 9.80. The lowest BCUT2D eigenvalue weighted by Gasteiger charge is -2.41. The van der Waals surface area contributed by atoms with Crippen molar-refractivity contribution >= 4 is 35.0 Å². The van der Waals surface area contributed by atoms with E-state index in [1.165, 1.54) is 20.3 Å². The van der Waals surface area contributed by atoms with Gasteiger partial charge in [0.1, 0.15) is 27.8 Å². The molecule has 3 aliphatic rings. The maximum Gasteiger partial charge on any atom is 0.255 e. The first-order valence-corrected chi connectivity index (χ1v) is 12.3. The monoisotopic (exact) mass is 540 g/mol. The lowest BCUT2D eigenvalue weighted by atomic mass is 9.66. The molecule has 198 valence electrons. The zero-order chi connectivity index (χ0) is 27.4. The van der Waals surface area contributed by atoms with Gasteiger partial charge < -0.3 is 30.0 Å². The molecule has 2 aromatic rings. The summed E-state index contributed by atoms with van der Waals surface area (Å²) in [5.41, 5.74) is 4.68. The van der Waals surface area contributed by atoms with Gasteiger partial charge in [-0.3, -0.25) is 19.2 Å². The molecule has 2 aliphatic heterocycles. The van der Waals surface area contributed by atoms with Crippen molar-refractivity contribution in [2.24, 2.45) is 11.7 Å². The first kappa shape index (κ1) is 25.6. The Morgan fingerprint density at radius 3 is 2.55 bits per heavy atom. The maximum atomic E-state index is 14.4. The number of primary amides is 1. The van der Waals surface area contributed by atoms with E-state index in [4.69, 9.17) is 36.3 Å². The van der Waals surface area contributed by atoms with Gasteiger partial charge in [0.05, 0.1) is 14.2 Å². The van der Waals surface area contributed by atoms with Gasteiger partial charge in [0.25, 0.3) is 5.91 Å². The van der Waals surface area contributed by atoms with Crippen molar-refractivity contribution in [3.8, 4) is 23.0 Å². The minimum atomic E-state index is -1.90. The van der Waals surface area contributed by atoms with Gasteiger partial charge in [-0.2, -0.15) is 0 Å². The highest BCUT2D eigenvalue weighted by Gasteiger charge is 2.63. The molecule has 3 atom stereocenters. The van der Waals surface area contributed by atoms with E-state index in [2.05, 4.69) is 5.32 Å². The Kier molecular flexibility index (Phi) is 6.30. The molecule has 0 saturated heterocycles. The smallest absolute Gasteiger partial charge is 0.255 e. The summed E-state index contributed by atoms with van der Waals surface area (Å²) >= 11 is 6.51. The predicted octanol–water partition coefficient (Wildman–Crippen LogP) is 2.70. The lowest BCUT2D eigenvalue weighted by molar-refractivity contribution is -0.131. The third-order valence-corrected chi connectivity index (χ3v) is 7.56. The predicted molar refractivity (Wildman–Crippen MR) is 135 cm³/mol. The summed E-state index contributed by atoms with van der Waals surface area (Å²) in [6.45, 7) is 1.39. The van der Waals surface area contributed by atoms with Crippen LogP contribution in [0.15, 0.2) is 41.6 Å². The Labute approximate surface area is 223 Å². The highest BCUT2D eigenvalue weighted by Crippen LogP contribution is 2.55. The Morgan fingerprint density at radius 1 is 1.13 bits per heavy atom.